The maximum Gasteiger partial charge on any atom is 0.275 e. The quantitative estimate of drug-likeness (QED) is 0.240. The van der Waals surface area contributed by atoms with E-state index in [1.807, 2.05) is 55.6 Å². The number of benzene rings is 3. The second kappa shape index (κ2) is 9.30. The number of carbonyl (C=O) groups is 1. The summed E-state index contributed by atoms with van der Waals surface area (Å²) < 4.78 is 7.51. The molecule has 0 unspecified atom stereocenters. The van der Waals surface area contributed by atoms with Crippen LogP contribution in [0.3, 0.4) is 0 Å². The highest BCUT2D eigenvalue weighted by Crippen LogP contribution is 2.31. The van der Waals surface area contributed by atoms with Gasteiger partial charge < -0.3 is 10.1 Å². The molecular formula is C27H21N5O4. The molecule has 0 bridgehead atoms. The van der Waals surface area contributed by atoms with E-state index in [1.54, 1.807) is 36.1 Å². The molecule has 0 atom stereocenters. The number of aromatic nitrogens is 3. The van der Waals surface area contributed by atoms with Crippen LogP contribution in [0, 0.1) is 17.0 Å². The number of para-hydroxylation sites is 1. The summed E-state index contributed by atoms with van der Waals surface area (Å²) >= 11 is 0. The Balaban J connectivity index is 1.52. The minimum absolute atomic E-state index is 0.203. The van der Waals surface area contributed by atoms with Crippen molar-refractivity contribution in [3.05, 3.63) is 106 Å². The maximum atomic E-state index is 13.4. The van der Waals surface area contributed by atoms with Gasteiger partial charge in [-0.15, -0.1) is 0 Å². The Morgan fingerprint density at radius 3 is 2.61 bits per heavy atom. The molecule has 178 valence electrons. The lowest BCUT2D eigenvalue weighted by molar-refractivity contribution is -0.384. The summed E-state index contributed by atoms with van der Waals surface area (Å²) in [4.78, 5) is 29.2. The molecule has 5 aromatic rings. The van der Waals surface area contributed by atoms with Crippen molar-refractivity contribution in [1.82, 2.24) is 14.8 Å². The van der Waals surface area contributed by atoms with Crippen LogP contribution < -0.4 is 10.1 Å². The zero-order valence-corrected chi connectivity index (χ0v) is 19.5. The molecule has 9 heteroatoms. The minimum Gasteiger partial charge on any atom is -0.457 e. The summed E-state index contributed by atoms with van der Waals surface area (Å²) in [5, 5.41) is 19.2. The number of amides is 1. The van der Waals surface area contributed by atoms with Crippen LogP contribution in [0.25, 0.3) is 22.2 Å². The molecule has 0 aliphatic rings. The first-order chi connectivity index (χ1) is 17.4. The molecule has 0 aliphatic heterocycles. The number of hydrogen-bond acceptors (Lipinski definition) is 6. The zero-order valence-electron chi connectivity index (χ0n) is 19.5. The number of non-ortho nitro benzene ring substituents is 1. The third-order valence-electron chi connectivity index (χ3n) is 5.55. The number of carbonyl (C=O) groups excluding carboxylic acids is 1. The van der Waals surface area contributed by atoms with Gasteiger partial charge in [-0.25, -0.2) is 4.98 Å². The summed E-state index contributed by atoms with van der Waals surface area (Å²) in [6, 6.07) is 20.5. The fraction of sp³-hybridized carbons (Fsp3) is 0.0741. The van der Waals surface area contributed by atoms with Crippen molar-refractivity contribution in [1.29, 1.82) is 0 Å². The summed E-state index contributed by atoms with van der Waals surface area (Å²) in [6.07, 6.45) is 3.49. The van der Waals surface area contributed by atoms with Crippen LogP contribution in [0.15, 0.2) is 85.2 Å². The first-order valence-corrected chi connectivity index (χ1v) is 11.1. The average molecular weight is 479 g/mol. The number of anilines is 1. The van der Waals surface area contributed by atoms with E-state index in [0.717, 1.165) is 11.1 Å². The Bertz CT molecular complexity index is 1630. The van der Waals surface area contributed by atoms with Gasteiger partial charge in [-0.2, -0.15) is 5.10 Å². The number of pyridine rings is 1. The normalized spacial score (nSPS) is 10.8. The number of fused-ring (bicyclic) bond motifs is 1. The van der Waals surface area contributed by atoms with Gasteiger partial charge in [0, 0.05) is 36.3 Å². The molecule has 1 amide bonds. The van der Waals surface area contributed by atoms with Crippen LogP contribution >= 0.6 is 0 Å². The van der Waals surface area contributed by atoms with E-state index >= 15 is 0 Å². The topological polar surface area (TPSA) is 112 Å². The van der Waals surface area contributed by atoms with Crippen molar-refractivity contribution in [2.75, 3.05) is 5.32 Å². The average Bonchev–Trinajstić information content (AvgIpc) is 3.29. The monoisotopic (exact) mass is 479 g/mol. The smallest absolute Gasteiger partial charge is 0.275 e. The molecule has 2 heterocycles. The van der Waals surface area contributed by atoms with E-state index < -0.39 is 10.8 Å². The van der Waals surface area contributed by atoms with Gasteiger partial charge in [0.25, 0.3) is 11.6 Å². The van der Waals surface area contributed by atoms with Crippen LogP contribution in [0.5, 0.6) is 11.5 Å². The first-order valence-electron chi connectivity index (χ1n) is 11.1. The molecular weight excluding hydrogens is 458 g/mol. The van der Waals surface area contributed by atoms with Gasteiger partial charge in [0.15, 0.2) is 0 Å². The van der Waals surface area contributed by atoms with Crippen molar-refractivity contribution >= 4 is 28.2 Å². The fourth-order valence-corrected chi connectivity index (χ4v) is 3.90. The molecule has 5 rings (SSSR count). The first kappa shape index (κ1) is 22.7. The third kappa shape index (κ3) is 4.76. The number of hydrogen-bond donors (Lipinski definition) is 1. The summed E-state index contributed by atoms with van der Waals surface area (Å²) in [5.41, 5.74) is 3.40. The highest BCUT2D eigenvalue weighted by atomic mass is 16.6. The largest absolute Gasteiger partial charge is 0.457 e. The molecule has 0 saturated carbocycles. The molecule has 0 saturated heterocycles. The second-order valence-electron chi connectivity index (χ2n) is 8.32. The van der Waals surface area contributed by atoms with E-state index in [-0.39, 0.29) is 17.1 Å². The summed E-state index contributed by atoms with van der Waals surface area (Å²) in [6.45, 7) is 1.92. The molecule has 2 aromatic heterocycles. The van der Waals surface area contributed by atoms with Crippen molar-refractivity contribution in [3.8, 4) is 22.8 Å². The van der Waals surface area contributed by atoms with Crippen LogP contribution in [0.1, 0.15) is 15.9 Å². The number of nitro benzene ring substituents is 1. The Morgan fingerprint density at radius 1 is 1.03 bits per heavy atom. The lowest BCUT2D eigenvalue weighted by atomic mass is 10.0. The van der Waals surface area contributed by atoms with Crippen LogP contribution in [-0.2, 0) is 7.05 Å². The summed E-state index contributed by atoms with van der Waals surface area (Å²) in [7, 11) is 1.80. The van der Waals surface area contributed by atoms with Gasteiger partial charge in [0.1, 0.15) is 11.5 Å². The molecule has 1 N–H and O–H groups in total. The number of nitrogens with one attached hydrogen (secondary N) is 1. The zero-order chi connectivity index (χ0) is 25.2. The van der Waals surface area contributed by atoms with Crippen LogP contribution in [0.2, 0.25) is 0 Å². The Labute approximate surface area is 206 Å². The number of aryl methyl sites for hydroxylation is 2. The van der Waals surface area contributed by atoms with E-state index in [2.05, 4.69) is 15.4 Å². The molecule has 0 fully saturated rings. The predicted octanol–water partition coefficient (Wildman–Crippen LogP) is 5.90. The third-order valence-corrected chi connectivity index (χ3v) is 5.55. The Hall–Kier alpha value is -5.05. The fourth-order valence-electron chi connectivity index (χ4n) is 3.90. The second-order valence-corrected chi connectivity index (χ2v) is 8.32. The van der Waals surface area contributed by atoms with Crippen molar-refractivity contribution in [3.63, 3.8) is 0 Å². The van der Waals surface area contributed by atoms with Gasteiger partial charge >= 0.3 is 0 Å². The van der Waals surface area contributed by atoms with Crippen molar-refractivity contribution in [2.24, 2.45) is 7.05 Å². The van der Waals surface area contributed by atoms with Gasteiger partial charge in [-0.05, 0) is 36.8 Å². The number of nitro groups is 1. The number of nitrogens with zero attached hydrogens (tertiary/aromatic N) is 4. The number of rotatable bonds is 6. The molecule has 0 aliphatic carbocycles. The van der Waals surface area contributed by atoms with E-state index in [1.165, 1.54) is 12.1 Å². The SMILES string of the molecule is Cc1cccc(Oc2cc(NC(=O)c3cc(-c4cnn(C)c4)nc4ccccc34)cc([N+](=O)[O-])c2)c1. The van der Waals surface area contributed by atoms with Crippen molar-refractivity contribution in [2.45, 2.75) is 6.92 Å². The lowest BCUT2D eigenvalue weighted by Crippen LogP contribution is -2.13. The molecule has 36 heavy (non-hydrogen) atoms. The maximum absolute atomic E-state index is 13.4. The predicted molar refractivity (Wildman–Crippen MR) is 136 cm³/mol. The molecule has 9 nitrogen and oxygen atoms in total. The lowest BCUT2D eigenvalue weighted by Gasteiger charge is -2.12. The highest BCUT2D eigenvalue weighted by molar-refractivity contribution is 6.13. The highest BCUT2D eigenvalue weighted by Gasteiger charge is 2.18. The van der Waals surface area contributed by atoms with Crippen LogP contribution in [0.4, 0.5) is 11.4 Å². The standard InChI is InChI=1S/C27H21N5O4/c1-17-6-5-7-21(10-17)36-22-12-19(11-20(13-22)32(34)35)29-27(33)24-14-26(18-15-28-31(2)16-18)30-25-9-4-3-8-23(24)25/h3-16H,1-2H3,(H,29,33). The summed E-state index contributed by atoms with van der Waals surface area (Å²) in [5.74, 6) is 0.343. The van der Waals surface area contributed by atoms with E-state index in [0.29, 0.717) is 27.9 Å². The molecule has 3 aromatic carbocycles. The molecule has 0 spiro atoms. The van der Waals surface area contributed by atoms with Gasteiger partial charge in [-0.3, -0.25) is 19.6 Å². The van der Waals surface area contributed by atoms with Gasteiger partial charge in [-0.1, -0.05) is 30.3 Å². The van der Waals surface area contributed by atoms with Gasteiger partial charge in [0.2, 0.25) is 0 Å². The van der Waals surface area contributed by atoms with E-state index in [4.69, 9.17) is 4.74 Å². The van der Waals surface area contributed by atoms with Gasteiger partial charge in [0.05, 0.1) is 39.6 Å². The Kier molecular flexibility index (Phi) is 5.87. The number of ether oxygens (including phenoxy) is 1. The van der Waals surface area contributed by atoms with Crippen molar-refractivity contribution < 1.29 is 14.5 Å². The van der Waals surface area contributed by atoms with Crippen LogP contribution in [-0.4, -0.2) is 25.6 Å². The minimum atomic E-state index is -0.527. The molecule has 0 radical (unpaired) electrons. The Morgan fingerprint density at radius 2 is 1.86 bits per heavy atom. The van der Waals surface area contributed by atoms with E-state index in [9.17, 15) is 14.9 Å².